The SMILES string of the molecule is CCCC(C#N)C(O)c1ccc2ccccc2n1. The highest BCUT2D eigenvalue weighted by atomic mass is 16.3. The third-order valence-corrected chi connectivity index (χ3v) is 3.07. The molecule has 1 aromatic heterocycles. The van der Waals surface area contributed by atoms with Crippen LogP contribution in [0.5, 0.6) is 0 Å². The van der Waals surface area contributed by atoms with Crippen LogP contribution >= 0.6 is 0 Å². The highest BCUT2D eigenvalue weighted by molar-refractivity contribution is 5.78. The number of rotatable bonds is 4. The maximum Gasteiger partial charge on any atom is 0.112 e. The fourth-order valence-corrected chi connectivity index (χ4v) is 2.06. The number of para-hydroxylation sites is 1. The van der Waals surface area contributed by atoms with Gasteiger partial charge in [0, 0.05) is 5.39 Å². The van der Waals surface area contributed by atoms with Crippen LogP contribution in [0, 0.1) is 17.2 Å². The Hall–Kier alpha value is -1.92. The summed E-state index contributed by atoms with van der Waals surface area (Å²) in [4.78, 5) is 4.43. The molecule has 0 saturated heterocycles. The molecule has 0 radical (unpaired) electrons. The van der Waals surface area contributed by atoms with Gasteiger partial charge in [-0.1, -0.05) is 37.6 Å². The monoisotopic (exact) mass is 240 g/mol. The summed E-state index contributed by atoms with van der Waals surface area (Å²) in [6.07, 6.45) is 0.759. The molecule has 0 fully saturated rings. The van der Waals surface area contributed by atoms with Crippen molar-refractivity contribution in [2.45, 2.75) is 25.9 Å². The van der Waals surface area contributed by atoms with Crippen molar-refractivity contribution in [3.05, 3.63) is 42.1 Å². The molecule has 1 N–H and O–H groups in total. The molecule has 2 aromatic rings. The maximum absolute atomic E-state index is 10.2. The van der Waals surface area contributed by atoms with Gasteiger partial charge in [-0.15, -0.1) is 0 Å². The average molecular weight is 240 g/mol. The lowest BCUT2D eigenvalue weighted by Crippen LogP contribution is -2.12. The molecule has 1 heterocycles. The van der Waals surface area contributed by atoms with E-state index in [1.165, 1.54) is 0 Å². The van der Waals surface area contributed by atoms with Gasteiger partial charge in [0.25, 0.3) is 0 Å². The lowest BCUT2D eigenvalue weighted by Gasteiger charge is -2.15. The molecule has 0 bridgehead atoms. The summed E-state index contributed by atoms with van der Waals surface area (Å²) in [5.41, 5.74) is 1.43. The van der Waals surface area contributed by atoms with Crippen LogP contribution in [0.25, 0.3) is 10.9 Å². The number of aliphatic hydroxyl groups is 1. The molecule has 1 aromatic carbocycles. The van der Waals surface area contributed by atoms with E-state index in [1.54, 1.807) is 6.07 Å². The Kier molecular flexibility index (Phi) is 3.91. The molecule has 3 nitrogen and oxygen atoms in total. The van der Waals surface area contributed by atoms with Crippen molar-refractivity contribution in [3.8, 4) is 6.07 Å². The van der Waals surface area contributed by atoms with E-state index < -0.39 is 6.10 Å². The molecule has 0 aliphatic carbocycles. The molecule has 2 atom stereocenters. The van der Waals surface area contributed by atoms with Gasteiger partial charge in [0.15, 0.2) is 0 Å². The first-order valence-electron chi connectivity index (χ1n) is 6.19. The number of benzene rings is 1. The van der Waals surface area contributed by atoms with Gasteiger partial charge in [0.2, 0.25) is 0 Å². The van der Waals surface area contributed by atoms with Crippen molar-refractivity contribution in [1.82, 2.24) is 4.98 Å². The predicted molar refractivity (Wildman–Crippen MR) is 70.7 cm³/mol. The van der Waals surface area contributed by atoms with Crippen molar-refractivity contribution in [1.29, 1.82) is 5.26 Å². The van der Waals surface area contributed by atoms with E-state index in [0.717, 1.165) is 17.3 Å². The number of aliphatic hydroxyl groups excluding tert-OH is 1. The van der Waals surface area contributed by atoms with E-state index in [-0.39, 0.29) is 5.92 Å². The molecule has 2 unspecified atom stereocenters. The standard InChI is InChI=1S/C15H16N2O/c1-2-5-12(10-16)15(18)14-9-8-11-6-3-4-7-13(11)17-14/h3-4,6-9,12,15,18H,2,5H2,1H3. The third-order valence-electron chi connectivity index (χ3n) is 3.07. The highest BCUT2D eigenvalue weighted by Gasteiger charge is 2.21. The Bertz CT molecular complexity index is 574. The fourth-order valence-electron chi connectivity index (χ4n) is 2.06. The molecule has 2 rings (SSSR count). The summed E-state index contributed by atoms with van der Waals surface area (Å²) in [6, 6.07) is 13.6. The van der Waals surface area contributed by atoms with Crippen molar-refractivity contribution in [2.75, 3.05) is 0 Å². The molecule has 0 amide bonds. The molecular weight excluding hydrogens is 224 g/mol. The number of fused-ring (bicyclic) bond motifs is 1. The summed E-state index contributed by atoms with van der Waals surface area (Å²) in [5, 5.41) is 20.3. The topological polar surface area (TPSA) is 56.9 Å². The van der Waals surface area contributed by atoms with Crippen LogP contribution in [0.1, 0.15) is 31.6 Å². The molecule has 0 saturated carbocycles. The van der Waals surface area contributed by atoms with Gasteiger partial charge in [-0.3, -0.25) is 4.98 Å². The molecule has 0 aliphatic rings. The number of aromatic nitrogens is 1. The summed E-state index contributed by atoms with van der Waals surface area (Å²) in [7, 11) is 0. The minimum Gasteiger partial charge on any atom is -0.385 e. The largest absolute Gasteiger partial charge is 0.385 e. The Balaban J connectivity index is 2.33. The smallest absolute Gasteiger partial charge is 0.112 e. The van der Waals surface area contributed by atoms with Crippen LogP contribution < -0.4 is 0 Å². The van der Waals surface area contributed by atoms with Crippen molar-refractivity contribution in [2.24, 2.45) is 5.92 Å². The minimum absolute atomic E-state index is 0.385. The number of hydrogen-bond acceptors (Lipinski definition) is 3. The quantitative estimate of drug-likeness (QED) is 0.892. The number of hydrogen-bond donors (Lipinski definition) is 1. The predicted octanol–water partition coefficient (Wildman–Crippen LogP) is 3.21. The van der Waals surface area contributed by atoms with E-state index in [4.69, 9.17) is 5.26 Å². The lowest BCUT2D eigenvalue weighted by molar-refractivity contribution is 0.126. The van der Waals surface area contributed by atoms with Crippen LogP contribution in [0.2, 0.25) is 0 Å². The zero-order chi connectivity index (χ0) is 13.0. The van der Waals surface area contributed by atoms with Gasteiger partial charge in [0.05, 0.1) is 23.2 Å². The minimum atomic E-state index is -0.806. The summed E-state index contributed by atoms with van der Waals surface area (Å²) < 4.78 is 0. The zero-order valence-corrected chi connectivity index (χ0v) is 10.4. The van der Waals surface area contributed by atoms with Crippen LogP contribution in [-0.4, -0.2) is 10.1 Å². The Morgan fingerprint density at radius 2 is 2.06 bits per heavy atom. The van der Waals surface area contributed by atoms with Gasteiger partial charge in [0.1, 0.15) is 6.10 Å². The molecule has 3 heteroatoms. The zero-order valence-electron chi connectivity index (χ0n) is 10.4. The Morgan fingerprint density at radius 3 is 2.78 bits per heavy atom. The number of nitrogens with zero attached hydrogens (tertiary/aromatic N) is 2. The van der Waals surface area contributed by atoms with Gasteiger partial charge < -0.3 is 5.11 Å². The first-order chi connectivity index (χ1) is 8.76. The summed E-state index contributed by atoms with van der Waals surface area (Å²) in [5.74, 6) is -0.385. The Morgan fingerprint density at radius 1 is 1.28 bits per heavy atom. The average Bonchev–Trinajstić information content (AvgIpc) is 2.43. The normalized spacial score (nSPS) is 14.1. The lowest BCUT2D eigenvalue weighted by atomic mass is 9.96. The van der Waals surface area contributed by atoms with E-state index in [9.17, 15) is 5.11 Å². The van der Waals surface area contributed by atoms with E-state index >= 15 is 0 Å². The van der Waals surface area contributed by atoms with E-state index in [2.05, 4.69) is 11.1 Å². The summed E-state index contributed by atoms with van der Waals surface area (Å²) >= 11 is 0. The number of pyridine rings is 1. The number of nitriles is 1. The second-order valence-corrected chi connectivity index (χ2v) is 4.40. The Labute approximate surface area is 107 Å². The highest BCUT2D eigenvalue weighted by Crippen LogP contribution is 2.25. The molecule has 18 heavy (non-hydrogen) atoms. The second-order valence-electron chi connectivity index (χ2n) is 4.40. The van der Waals surface area contributed by atoms with Crippen LogP contribution in [0.3, 0.4) is 0 Å². The van der Waals surface area contributed by atoms with Crippen LogP contribution in [0.4, 0.5) is 0 Å². The van der Waals surface area contributed by atoms with Crippen LogP contribution in [0.15, 0.2) is 36.4 Å². The molecule has 0 spiro atoms. The first-order valence-corrected chi connectivity index (χ1v) is 6.19. The second kappa shape index (κ2) is 5.61. The van der Waals surface area contributed by atoms with Crippen LogP contribution in [-0.2, 0) is 0 Å². The van der Waals surface area contributed by atoms with E-state index in [0.29, 0.717) is 12.1 Å². The van der Waals surface area contributed by atoms with Crippen molar-refractivity contribution >= 4 is 10.9 Å². The molecule has 0 aliphatic heterocycles. The van der Waals surface area contributed by atoms with Crippen molar-refractivity contribution in [3.63, 3.8) is 0 Å². The van der Waals surface area contributed by atoms with Crippen molar-refractivity contribution < 1.29 is 5.11 Å². The van der Waals surface area contributed by atoms with Gasteiger partial charge in [-0.2, -0.15) is 5.26 Å². The maximum atomic E-state index is 10.2. The fraction of sp³-hybridized carbons (Fsp3) is 0.333. The molecule has 92 valence electrons. The van der Waals surface area contributed by atoms with Gasteiger partial charge >= 0.3 is 0 Å². The van der Waals surface area contributed by atoms with Gasteiger partial charge in [-0.25, -0.2) is 0 Å². The van der Waals surface area contributed by atoms with E-state index in [1.807, 2.05) is 37.3 Å². The summed E-state index contributed by atoms with van der Waals surface area (Å²) in [6.45, 7) is 2.00. The van der Waals surface area contributed by atoms with Gasteiger partial charge in [-0.05, 0) is 18.6 Å². The third kappa shape index (κ3) is 2.49. The first kappa shape index (κ1) is 12.5. The molecular formula is C15H16N2O.